The summed E-state index contributed by atoms with van der Waals surface area (Å²) < 4.78 is 5.42. The zero-order valence-electron chi connectivity index (χ0n) is 21.4. The molecule has 1 aliphatic heterocycles. The van der Waals surface area contributed by atoms with Crippen molar-refractivity contribution in [3.8, 4) is 0 Å². The normalized spacial score (nSPS) is 30.4. The van der Waals surface area contributed by atoms with Gasteiger partial charge in [-0.05, 0) is 44.4 Å². The van der Waals surface area contributed by atoms with Crippen LogP contribution < -0.4 is 5.32 Å². The van der Waals surface area contributed by atoms with Crippen molar-refractivity contribution in [1.82, 2.24) is 10.2 Å². The summed E-state index contributed by atoms with van der Waals surface area (Å²) in [5.41, 5.74) is 0. The molecule has 1 saturated carbocycles. The van der Waals surface area contributed by atoms with Crippen molar-refractivity contribution in [3.05, 3.63) is 12.2 Å². The molecule has 7 heteroatoms. The van der Waals surface area contributed by atoms with Crippen LogP contribution in [0.2, 0.25) is 0 Å². The molecule has 0 aromatic rings. The number of aliphatic hydroxyl groups is 1. The zero-order valence-corrected chi connectivity index (χ0v) is 21.4. The summed E-state index contributed by atoms with van der Waals surface area (Å²) >= 11 is 0. The highest BCUT2D eigenvalue weighted by atomic mass is 16.5. The van der Waals surface area contributed by atoms with Gasteiger partial charge < -0.3 is 20.1 Å². The van der Waals surface area contributed by atoms with Crippen LogP contribution in [0.1, 0.15) is 79.1 Å². The molecule has 0 aromatic carbocycles. The number of rotatable bonds is 10. The van der Waals surface area contributed by atoms with Gasteiger partial charge in [0.05, 0.1) is 31.1 Å². The maximum atomic E-state index is 14.0. The van der Waals surface area contributed by atoms with Crippen molar-refractivity contribution in [2.45, 2.75) is 97.2 Å². The Balaban J connectivity index is 1.99. The van der Waals surface area contributed by atoms with E-state index in [1.807, 2.05) is 26.0 Å². The summed E-state index contributed by atoms with van der Waals surface area (Å²) in [6, 6.07) is -1.05. The fourth-order valence-corrected chi connectivity index (χ4v) is 6.36. The molecule has 34 heavy (non-hydrogen) atoms. The molecule has 1 saturated heterocycles. The number of aliphatic hydroxyl groups excluding tert-OH is 1. The van der Waals surface area contributed by atoms with Crippen LogP contribution in [0.4, 0.5) is 0 Å². The van der Waals surface area contributed by atoms with Crippen molar-refractivity contribution in [2.24, 2.45) is 29.6 Å². The third-order valence-electron chi connectivity index (χ3n) is 7.80. The summed E-state index contributed by atoms with van der Waals surface area (Å²) in [5, 5.41) is 13.5. The van der Waals surface area contributed by atoms with Gasteiger partial charge in [-0.15, -0.1) is 0 Å². The molecule has 3 aliphatic rings. The number of allylic oxidation sites excluding steroid dienone is 1. The quantitative estimate of drug-likeness (QED) is 0.372. The molecule has 2 fully saturated rings. The SMILES string of the molecule is CCC[C@@H]1C=C[C@H]2[C@H](C(=O)N([C@@H](CO)CC(C)C)[C@@H]2C(=O)NC2CCCCC2)[C@@H]1C(=O)OCC. The molecular weight excluding hydrogens is 432 g/mol. The molecule has 7 nitrogen and oxygen atoms in total. The van der Waals surface area contributed by atoms with Crippen LogP contribution in [-0.2, 0) is 19.1 Å². The third-order valence-corrected chi connectivity index (χ3v) is 7.80. The van der Waals surface area contributed by atoms with E-state index in [4.69, 9.17) is 4.74 Å². The highest BCUT2D eigenvalue weighted by molar-refractivity contribution is 5.96. The third kappa shape index (κ3) is 5.67. The van der Waals surface area contributed by atoms with E-state index >= 15 is 0 Å². The Labute approximate surface area is 204 Å². The fourth-order valence-electron chi connectivity index (χ4n) is 6.36. The molecule has 0 unspecified atom stereocenters. The van der Waals surface area contributed by atoms with Crippen molar-refractivity contribution < 1.29 is 24.2 Å². The Morgan fingerprint density at radius 1 is 1.18 bits per heavy atom. The lowest BCUT2D eigenvalue weighted by atomic mass is 9.68. The van der Waals surface area contributed by atoms with E-state index in [0.717, 1.165) is 38.5 Å². The molecule has 6 atom stereocenters. The Kier molecular flexibility index (Phi) is 9.57. The predicted molar refractivity (Wildman–Crippen MR) is 131 cm³/mol. The maximum absolute atomic E-state index is 14.0. The highest BCUT2D eigenvalue weighted by Gasteiger charge is 2.59. The lowest BCUT2D eigenvalue weighted by Crippen LogP contribution is -2.54. The van der Waals surface area contributed by atoms with Crippen molar-refractivity contribution in [2.75, 3.05) is 13.2 Å². The topological polar surface area (TPSA) is 95.9 Å². The standard InChI is InChI=1S/C27H44N2O5/c1-5-10-18-13-14-21-23(22(18)27(33)34-6-2)26(32)29(20(16-30)15-17(3)4)24(21)25(31)28-19-11-8-7-9-12-19/h13-14,17-24,30H,5-12,15-16H2,1-4H3,(H,28,31)/t18-,20-,21+,22-,23+,24+/m1/s1. The molecule has 192 valence electrons. The summed E-state index contributed by atoms with van der Waals surface area (Å²) in [6.07, 6.45) is 11.6. The van der Waals surface area contributed by atoms with Crippen LogP contribution in [0.15, 0.2) is 12.2 Å². The number of ether oxygens (including phenoxy) is 1. The molecule has 2 N–H and O–H groups in total. The summed E-state index contributed by atoms with van der Waals surface area (Å²) in [5.74, 6) is -2.19. The van der Waals surface area contributed by atoms with Crippen molar-refractivity contribution >= 4 is 17.8 Å². The van der Waals surface area contributed by atoms with Gasteiger partial charge in [-0.25, -0.2) is 0 Å². The van der Waals surface area contributed by atoms with E-state index in [-0.39, 0.29) is 48.9 Å². The van der Waals surface area contributed by atoms with Gasteiger partial charge in [0.15, 0.2) is 0 Å². The molecule has 0 radical (unpaired) electrons. The lowest BCUT2D eigenvalue weighted by Gasteiger charge is -2.35. The number of nitrogens with zero attached hydrogens (tertiary/aromatic N) is 1. The molecule has 0 bridgehead atoms. The summed E-state index contributed by atoms with van der Waals surface area (Å²) in [4.78, 5) is 42.4. The van der Waals surface area contributed by atoms with Crippen LogP contribution in [0, 0.1) is 29.6 Å². The number of esters is 1. The van der Waals surface area contributed by atoms with Gasteiger partial charge in [0.25, 0.3) is 0 Å². The molecule has 3 rings (SSSR count). The summed E-state index contributed by atoms with van der Waals surface area (Å²) in [6.45, 7) is 7.98. The number of fused-ring (bicyclic) bond motifs is 1. The number of carbonyl (C=O) groups is 3. The molecule has 0 aromatic heterocycles. The number of amides is 2. The minimum absolute atomic E-state index is 0.0890. The minimum Gasteiger partial charge on any atom is -0.466 e. The van der Waals surface area contributed by atoms with Crippen LogP contribution in [0.3, 0.4) is 0 Å². The predicted octanol–water partition coefficient (Wildman–Crippen LogP) is 3.45. The second-order valence-corrected chi connectivity index (χ2v) is 10.7. The van der Waals surface area contributed by atoms with Gasteiger partial charge in [-0.2, -0.15) is 0 Å². The van der Waals surface area contributed by atoms with Gasteiger partial charge in [0.2, 0.25) is 11.8 Å². The highest BCUT2D eigenvalue weighted by Crippen LogP contribution is 2.46. The van der Waals surface area contributed by atoms with E-state index in [9.17, 15) is 19.5 Å². The number of hydrogen-bond acceptors (Lipinski definition) is 5. The first kappa shape index (κ1) is 26.7. The van der Waals surface area contributed by atoms with E-state index in [1.54, 1.807) is 11.8 Å². The number of carbonyl (C=O) groups excluding carboxylic acids is 3. The largest absolute Gasteiger partial charge is 0.466 e. The van der Waals surface area contributed by atoms with E-state index in [1.165, 1.54) is 6.42 Å². The van der Waals surface area contributed by atoms with Crippen LogP contribution >= 0.6 is 0 Å². The smallest absolute Gasteiger partial charge is 0.310 e. The first-order chi connectivity index (χ1) is 16.3. The Hall–Kier alpha value is -1.89. The first-order valence-corrected chi connectivity index (χ1v) is 13.4. The average Bonchev–Trinajstić information content (AvgIpc) is 3.10. The second kappa shape index (κ2) is 12.2. The second-order valence-electron chi connectivity index (χ2n) is 10.7. The van der Waals surface area contributed by atoms with Crippen molar-refractivity contribution in [3.63, 3.8) is 0 Å². The fraction of sp³-hybridized carbons (Fsp3) is 0.815. The van der Waals surface area contributed by atoms with E-state index in [0.29, 0.717) is 6.42 Å². The Morgan fingerprint density at radius 2 is 1.88 bits per heavy atom. The van der Waals surface area contributed by atoms with Crippen LogP contribution in [-0.4, -0.2) is 59.1 Å². The van der Waals surface area contributed by atoms with Gasteiger partial charge >= 0.3 is 5.97 Å². The van der Waals surface area contributed by atoms with Gasteiger partial charge in [-0.3, -0.25) is 14.4 Å². The molecule has 0 spiro atoms. The van der Waals surface area contributed by atoms with Gasteiger partial charge in [0.1, 0.15) is 6.04 Å². The minimum atomic E-state index is -0.717. The average molecular weight is 477 g/mol. The molecule has 1 heterocycles. The Morgan fingerprint density at radius 3 is 2.47 bits per heavy atom. The van der Waals surface area contributed by atoms with Gasteiger partial charge in [0, 0.05) is 12.0 Å². The molecule has 2 aliphatic carbocycles. The zero-order chi connectivity index (χ0) is 24.8. The number of hydrogen-bond donors (Lipinski definition) is 2. The van der Waals surface area contributed by atoms with E-state index in [2.05, 4.69) is 12.2 Å². The maximum Gasteiger partial charge on any atom is 0.310 e. The monoisotopic (exact) mass is 476 g/mol. The van der Waals surface area contributed by atoms with Gasteiger partial charge in [-0.1, -0.05) is 58.6 Å². The lowest BCUT2D eigenvalue weighted by molar-refractivity contribution is -0.156. The number of likely N-dealkylation sites (tertiary alicyclic amines) is 1. The number of nitrogens with one attached hydrogen (secondary N) is 1. The first-order valence-electron chi connectivity index (χ1n) is 13.4. The van der Waals surface area contributed by atoms with Crippen LogP contribution in [0.5, 0.6) is 0 Å². The molecular formula is C27H44N2O5. The van der Waals surface area contributed by atoms with E-state index < -0.39 is 29.8 Å². The Bertz CT molecular complexity index is 745. The summed E-state index contributed by atoms with van der Waals surface area (Å²) in [7, 11) is 0. The van der Waals surface area contributed by atoms with Crippen LogP contribution in [0.25, 0.3) is 0 Å². The molecule has 2 amide bonds. The van der Waals surface area contributed by atoms with Crippen molar-refractivity contribution in [1.29, 1.82) is 0 Å².